The lowest BCUT2D eigenvalue weighted by molar-refractivity contribution is -0.121. The van der Waals surface area contributed by atoms with Crippen molar-refractivity contribution in [2.24, 2.45) is 5.92 Å². The Balaban J connectivity index is 1.41. The molecule has 2 aromatic rings. The largest absolute Gasteiger partial charge is 0.378 e. The van der Waals surface area contributed by atoms with Gasteiger partial charge in [0.15, 0.2) is 0 Å². The quantitative estimate of drug-likeness (QED) is 0.769. The number of amides is 2. The Morgan fingerprint density at radius 3 is 2.58 bits per heavy atom. The number of ether oxygens (including phenoxy) is 1. The van der Waals surface area contributed by atoms with Crippen molar-refractivity contribution in [1.82, 2.24) is 9.80 Å². The number of hydrogen-bond acceptors (Lipinski definition) is 4. The van der Waals surface area contributed by atoms with Gasteiger partial charge in [-0.1, -0.05) is 41.9 Å². The number of hydrogen-bond donors (Lipinski definition) is 1. The van der Waals surface area contributed by atoms with Gasteiger partial charge in [0.25, 0.3) is 5.91 Å². The molecule has 2 aromatic carbocycles. The Bertz CT molecular complexity index is 930. The second-order valence-corrected chi connectivity index (χ2v) is 8.51. The monoisotopic (exact) mass is 441 g/mol. The third-order valence-corrected chi connectivity index (χ3v) is 6.31. The fourth-order valence-corrected chi connectivity index (χ4v) is 4.43. The minimum Gasteiger partial charge on any atom is -0.378 e. The molecule has 7 heteroatoms. The number of halogens is 1. The molecule has 6 nitrogen and oxygen atoms in total. The average molecular weight is 442 g/mol. The molecule has 0 spiro atoms. The van der Waals surface area contributed by atoms with Gasteiger partial charge in [0.05, 0.1) is 30.4 Å². The van der Waals surface area contributed by atoms with Gasteiger partial charge in [-0.2, -0.15) is 0 Å². The molecule has 0 aliphatic carbocycles. The SMILES string of the molecule is O=C(Nc1ccccc1C(=O)N1CCOCC1)[C@@H]1CCCN(Cc2ccccc2Cl)C1. The molecule has 0 saturated carbocycles. The van der Waals surface area contributed by atoms with Crippen molar-refractivity contribution in [3.05, 3.63) is 64.7 Å². The third-order valence-electron chi connectivity index (χ3n) is 5.94. The van der Waals surface area contributed by atoms with E-state index in [-0.39, 0.29) is 17.7 Å². The molecule has 2 saturated heterocycles. The van der Waals surface area contributed by atoms with Gasteiger partial charge >= 0.3 is 0 Å². The van der Waals surface area contributed by atoms with E-state index in [9.17, 15) is 9.59 Å². The Kier molecular flexibility index (Phi) is 7.22. The van der Waals surface area contributed by atoms with E-state index in [0.29, 0.717) is 44.1 Å². The summed E-state index contributed by atoms with van der Waals surface area (Å²) in [6.45, 7) is 4.59. The standard InChI is InChI=1S/C24H28ClN3O3/c25-21-9-3-1-6-18(21)16-27-11-5-7-19(17-27)23(29)26-22-10-4-2-8-20(22)24(30)28-12-14-31-15-13-28/h1-4,6,8-10,19H,5,7,11-17H2,(H,26,29)/t19-/m1/s1. The van der Waals surface area contributed by atoms with Crippen LogP contribution in [0.25, 0.3) is 0 Å². The smallest absolute Gasteiger partial charge is 0.256 e. The van der Waals surface area contributed by atoms with Crippen molar-refractivity contribution in [3.8, 4) is 0 Å². The van der Waals surface area contributed by atoms with Crippen LogP contribution in [-0.4, -0.2) is 61.0 Å². The number of anilines is 1. The van der Waals surface area contributed by atoms with Gasteiger partial charge in [0, 0.05) is 31.2 Å². The van der Waals surface area contributed by atoms with E-state index in [1.807, 2.05) is 36.4 Å². The van der Waals surface area contributed by atoms with Crippen LogP contribution in [0.1, 0.15) is 28.8 Å². The molecule has 0 aromatic heterocycles. The Hall–Kier alpha value is -2.41. The van der Waals surface area contributed by atoms with Crippen LogP contribution in [0.3, 0.4) is 0 Å². The van der Waals surface area contributed by atoms with Gasteiger partial charge in [-0.3, -0.25) is 14.5 Å². The van der Waals surface area contributed by atoms with Crippen molar-refractivity contribution in [2.75, 3.05) is 44.7 Å². The lowest BCUT2D eigenvalue weighted by Gasteiger charge is -2.32. The van der Waals surface area contributed by atoms with Crippen LogP contribution in [0, 0.1) is 5.92 Å². The Morgan fingerprint density at radius 1 is 1.03 bits per heavy atom. The van der Waals surface area contributed by atoms with Crippen molar-refractivity contribution in [2.45, 2.75) is 19.4 Å². The first-order chi connectivity index (χ1) is 15.1. The normalized spacial score (nSPS) is 19.8. The van der Waals surface area contributed by atoms with Gasteiger partial charge in [-0.15, -0.1) is 0 Å². The number of likely N-dealkylation sites (tertiary alicyclic amines) is 1. The van der Waals surface area contributed by atoms with Crippen LogP contribution >= 0.6 is 11.6 Å². The zero-order chi connectivity index (χ0) is 21.6. The van der Waals surface area contributed by atoms with Crippen LogP contribution in [0.15, 0.2) is 48.5 Å². The maximum Gasteiger partial charge on any atom is 0.256 e. The molecule has 0 radical (unpaired) electrons. The molecule has 2 fully saturated rings. The average Bonchev–Trinajstić information content (AvgIpc) is 2.81. The zero-order valence-electron chi connectivity index (χ0n) is 17.6. The van der Waals surface area contributed by atoms with E-state index >= 15 is 0 Å². The Morgan fingerprint density at radius 2 is 1.77 bits per heavy atom. The molecule has 0 unspecified atom stereocenters. The number of nitrogens with one attached hydrogen (secondary N) is 1. The summed E-state index contributed by atoms with van der Waals surface area (Å²) in [6, 6.07) is 15.1. The van der Waals surface area contributed by atoms with Crippen LogP contribution < -0.4 is 5.32 Å². The van der Waals surface area contributed by atoms with E-state index in [1.54, 1.807) is 17.0 Å². The van der Waals surface area contributed by atoms with Crippen LogP contribution in [0.5, 0.6) is 0 Å². The number of rotatable bonds is 5. The lowest BCUT2D eigenvalue weighted by Crippen LogP contribution is -2.42. The van der Waals surface area contributed by atoms with Gasteiger partial charge < -0.3 is 15.0 Å². The zero-order valence-corrected chi connectivity index (χ0v) is 18.3. The number of carbonyl (C=O) groups excluding carboxylic acids is 2. The fourth-order valence-electron chi connectivity index (χ4n) is 4.23. The molecular formula is C24H28ClN3O3. The first-order valence-corrected chi connectivity index (χ1v) is 11.2. The first kappa shape index (κ1) is 21.8. The van der Waals surface area contributed by atoms with Crippen molar-refractivity contribution >= 4 is 29.1 Å². The van der Waals surface area contributed by atoms with E-state index < -0.39 is 0 Å². The third kappa shape index (κ3) is 5.45. The molecule has 164 valence electrons. The molecule has 2 heterocycles. The van der Waals surface area contributed by atoms with Gasteiger partial charge in [0.2, 0.25) is 5.91 Å². The molecule has 2 amide bonds. The molecular weight excluding hydrogens is 414 g/mol. The Labute approximate surface area is 188 Å². The predicted molar refractivity (Wildman–Crippen MR) is 121 cm³/mol. The summed E-state index contributed by atoms with van der Waals surface area (Å²) in [6.07, 6.45) is 1.79. The molecule has 4 rings (SSSR count). The molecule has 31 heavy (non-hydrogen) atoms. The van der Waals surface area contributed by atoms with Gasteiger partial charge in [-0.25, -0.2) is 0 Å². The van der Waals surface area contributed by atoms with E-state index in [0.717, 1.165) is 36.5 Å². The number of morpholine rings is 1. The number of carbonyl (C=O) groups is 2. The summed E-state index contributed by atoms with van der Waals surface area (Å²) in [5, 5.41) is 3.78. The fraction of sp³-hybridized carbons (Fsp3) is 0.417. The second-order valence-electron chi connectivity index (χ2n) is 8.11. The van der Waals surface area contributed by atoms with Crippen LogP contribution in [0.4, 0.5) is 5.69 Å². The highest BCUT2D eigenvalue weighted by atomic mass is 35.5. The summed E-state index contributed by atoms with van der Waals surface area (Å²) < 4.78 is 5.34. The minimum absolute atomic E-state index is 0.0360. The number of para-hydroxylation sites is 1. The molecule has 0 bridgehead atoms. The summed E-state index contributed by atoms with van der Waals surface area (Å²) in [4.78, 5) is 30.1. The van der Waals surface area contributed by atoms with Crippen LogP contribution in [0.2, 0.25) is 5.02 Å². The molecule has 2 aliphatic rings. The maximum atomic E-state index is 13.1. The van der Waals surface area contributed by atoms with E-state index in [2.05, 4.69) is 10.2 Å². The number of piperidine rings is 1. The van der Waals surface area contributed by atoms with Crippen LogP contribution in [-0.2, 0) is 16.1 Å². The summed E-state index contributed by atoms with van der Waals surface area (Å²) in [5.74, 6) is -0.225. The predicted octanol–water partition coefficient (Wildman–Crippen LogP) is 3.66. The second kappa shape index (κ2) is 10.3. The topological polar surface area (TPSA) is 61.9 Å². The van der Waals surface area contributed by atoms with Crippen molar-refractivity contribution in [1.29, 1.82) is 0 Å². The highest BCUT2D eigenvalue weighted by Crippen LogP contribution is 2.24. The van der Waals surface area contributed by atoms with Gasteiger partial charge in [-0.05, 0) is 43.1 Å². The van der Waals surface area contributed by atoms with Crippen molar-refractivity contribution < 1.29 is 14.3 Å². The number of nitrogens with zero attached hydrogens (tertiary/aromatic N) is 2. The van der Waals surface area contributed by atoms with Crippen molar-refractivity contribution in [3.63, 3.8) is 0 Å². The number of benzene rings is 2. The highest BCUT2D eigenvalue weighted by Gasteiger charge is 2.28. The summed E-state index contributed by atoms with van der Waals surface area (Å²) >= 11 is 6.31. The van der Waals surface area contributed by atoms with E-state index in [1.165, 1.54) is 0 Å². The molecule has 2 aliphatic heterocycles. The highest BCUT2D eigenvalue weighted by molar-refractivity contribution is 6.31. The first-order valence-electron chi connectivity index (χ1n) is 10.8. The van der Waals surface area contributed by atoms with E-state index in [4.69, 9.17) is 16.3 Å². The summed E-state index contributed by atoms with van der Waals surface area (Å²) in [5.41, 5.74) is 2.18. The summed E-state index contributed by atoms with van der Waals surface area (Å²) in [7, 11) is 0. The molecule has 1 N–H and O–H groups in total. The minimum atomic E-state index is -0.122. The maximum absolute atomic E-state index is 13.1. The molecule has 1 atom stereocenters. The van der Waals surface area contributed by atoms with Gasteiger partial charge in [0.1, 0.15) is 0 Å². The lowest BCUT2D eigenvalue weighted by atomic mass is 9.96.